The number of nitrogens with one attached hydrogen (secondary N) is 2. The second kappa shape index (κ2) is 3.89. The predicted octanol–water partition coefficient (Wildman–Crippen LogP) is 1.90. The summed E-state index contributed by atoms with van der Waals surface area (Å²) in [7, 11) is 0. The van der Waals surface area contributed by atoms with Gasteiger partial charge in [0, 0.05) is 24.3 Å². The van der Waals surface area contributed by atoms with Crippen molar-refractivity contribution in [1.82, 2.24) is 10.3 Å². The maximum Gasteiger partial charge on any atom is 0.307 e. The van der Waals surface area contributed by atoms with E-state index in [1.807, 2.05) is 12.3 Å². The summed E-state index contributed by atoms with van der Waals surface area (Å²) in [6.07, 6.45) is 2.58. The van der Waals surface area contributed by atoms with Crippen LogP contribution in [0.2, 0.25) is 0 Å². The van der Waals surface area contributed by atoms with E-state index in [1.165, 1.54) is 5.39 Å². The van der Waals surface area contributed by atoms with E-state index in [2.05, 4.69) is 28.5 Å². The van der Waals surface area contributed by atoms with Crippen LogP contribution in [0.4, 0.5) is 0 Å². The first-order valence-corrected chi connectivity index (χ1v) is 5.77. The quantitative estimate of drug-likeness (QED) is 0.738. The Morgan fingerprint density at radius 1 is 1.35 bits per heavy atom. The minimum absolute atomic E-state index is 0.156. The number of carboxylic acids is 1. The van der Waals surface area contributed by atoms with Crippen LogP contribution in [0.3, 0.4) is 0 Å². The highest BCUT2D eigenvalue weighted by atomic mass is 16.4. The zero-order chi connectivity index (χ0) is 11.8. The lowest BCUT2D eigenvalue weighted by atomic mass is 9.99. The van der Waals surface area contributed by atoms with Crippen molar-refractivity contribution in [3.05, 3.63) is 36.0 Å². The van der Waals surface area contributed by atoms with E-state index >= 15 is 0 Å². The summed E-state index contributed by atoms with van der Waals surface area (Å²) >= 11 is 0. The zero-order valence-corrected chi connectivity index (χ0v) is 9.31. The van der Waals surface area contributed by atoms with Crippen LogP contribution in [0.1, 0.15) is 18.0 Å². The normalized spacial score (nSPS) is 24.2. The summed E-state index contributed by atoms with van der Waals surface area (Å²) in [6.45, 7) is 0.558. The molecule has 0 spiro atoms. The summed E-state index contributed by atoms with van der Waals surface area (Å²) in [5.41, 5.74) is 2.26. The van der Waals surface area contributed by atoms with Gasteiger partial charge in [-0.2, -0.15) is 0 Å². The van der Waals surface area contributed by atoms with Gasteiger partial charge < -0.3 is 15.4 Å². The molecule has 2 unspecified atom stereocenters. The number of carbonyl (C=O) groups is 1. The molecule has 0 amide bonds. The molecule has 1 aliphatic rings. The van der Waals surface area contributed by atoms with Gasteiger partial charge in [0.05, 0.1) is 5.92 Å². The van der Waals surface area contributed by atoms with Crippen LogP contribution >= 0.6 is 0 Å². The summed E-state index contributed by atoms with van der Waals surface area (Å²) in [6, 6.07) is 8.41. The third-order valence-corrected chi connectivity index (χ3v) is 3.46. The predicted molar refractivity (Wildman–Crippen MR) is 64.8 cm³/mol. The van der Waals surface area contributed by atoms with Crippen molar-refractivity contribution in [3.63, 3.8) is 0 Å². The average molecular weight is 230 g/mol. The molecule has 2 heterocycles. The first-order valence-electron chi connectivity index (χ1n) is 5.77. The van der Waals surface area contributed by atoms with Gasteiger partial charge in [-0.1, -0.05) is 12.1 Å². The summed E-state index contributed by atoms with van der Waals surface area (Å²) in [5, 5.41) is 13.4. The van der Waals surface area contributed by atoms with Gasteiger partial charge in [0.15, 0.2) is 0 Å². The van der Waals surface area contributed by atoms with Crippen LogP contribution in [0.15, 0.2) is 30.5 Å². The molecule has 0 bridgehead atoms. The maximum absolute atomic E-state index is 10.9. The molecule has 1 aromatic carbocycles. The smallest absolute Gasteiger partial charge is 0.307 e. The van der Waals surface area contributed by atoms with Gasteiger partial charge in [-0.05, 0) is 29.5 Å². The molecule has 3 N–H and O–H groups in total. The highest BCUT2D eigenvalue weighted by Crippen LogP contribution is 2.29. The number of aromatic amines is 1. The molecule has 1 saturated heterocycles. The molecular weight excluding hydrogens is 216 g/mol. The number of H-pyrrole nitrogens is 1. The van der Waals surface area contributed by atoms with Crippen molar-refractivity contribution in [2.45, 2.75) is 12.5 Å². The van der Waals surface area contributed by atoms with Gasteiger partial charge in [-0.3, -0.25) is 4.79 Å². The van der Waals surface area contributed by atoms with Crippen LogP contribution < -0.4 is 5.32 Å². The molecule has 2 aromatic rings. The van der Waals surface area contributed by atoms with Gasteiger partial charge >= 0.3 is 5.97 Å². The van der Waals surface area contributed by atoms with Crippen LogP contribution in [0.5, 0.6) is 0 Å². The molecule has 0 radical (unpaired) electrons. The number of fused-ring (bicyclic) bond motifs is 1. The second-order valence-electron chi connectivity index (χ2n) is 4.56. The molecule has 3 rings (SSSR count). The number of hydrogen-bond donors (Lipinski definition) is 3. The number of benzene rings is 1. The fourth-order valence-electron chi connectivity index (χ4n) is 2.46. The van der Waals surface area contributed by atoms with Crippen molar-refractivity contribution >= 4 is 16.9 Å². The Bertz CT molecular complexity index is 561. The fraction of sp³-hybridized carbons (Fsp3) is 0.308. The summed E-state index contributed by atoms with van der Waals surface area (Å²) in [4.78, 5) is 14.1. The summed E-state index contributed by atoms with van der Waals surface area (Å²) < 4.78 is 0. The lowest BCUT2D eigenvalue weighted by Gasteiger charge is -2.10. The molecule has 4 nitrogen and oxygen atoms in total. The number of aliphatic carboxylic acids is 1. The van der Waals surface area contributed by atoms with Crippen molar-refractivity contribution in [2.24, 2.45) is 5.92 Å². The maximum atomic E-state index is 10.9. The Balaban J connectivity index is 1.87. The highest BCUT2D eigenvalue weighted by Gasteiger charge is 2.30. The molecule has 0 saturated carbocycles. The largest absolute Gasteiger partial charge is 0.481 e. The Labute approximate surface area is 98.6 Å². The van der Waals surface area contributed by atoms with Crippen LogP contribution in [0, 0.1) is 5.92 Å². The minimum Gasteiger partial charge on any atom is -0.481 e. The first-order chi connectivity index (χ1) is 8.24. The third-order valence-electron chi connectivity index (χ3n) is 3.46. The highest BCUT2D eigenvalue weighted by molar-refractivity contribution is 5.80. The van der Waals surface area contributed by atoms with Gasteiger partial charge in [0.1, 0.15) is 0 Å². The Morgan fingerprint density at radius 3 is 3.00 bits per heavy atom. The molecule has 1 aliphatic heterocycles. The average Bonchev–Trinajstić information content (AvgIpc) is 2.97. The minimum atomic E-state index is -0.707. The Hall–Kier alpha value is -1.81. The second-order valence-corrected chi connectivity index (χ2v) is 4.56. The van der Waals surface area contributed by atoms with Crippen molar-refractivity contribution in [3.8, 4) is 0 Å². The number of carboxylic acid groups (broad SMARTS) is 1. The summed E-state index contributed by atoms with van der Waals surface area (Å²) in [5.74, 6) is -0.972. The van der Waals surface area contributed by atoms with E-state index in [1.54, 1.807) is 0 Å². The van der Waals surface area contributed by atoms with Crippen LogP contribution in [-0.2, 0) is 4.79 Å². The molecule has 2 atom stereocenters. The van der Waals surface area contributed by atoms with E-state index < -0.39 is 5.97 Å². The third kappa shape index (κ3) is 1.80. The standard InChI is InChI=1S/C13H14N2O2/c16-13(17)10-6-12(15-7-10)9-2-1-8-3-4-14-11(8)5-9/h1-5,10,12,14-15H,6-7H2,(H,16,17). The molecule has 17 heavy (non-hydrogen) atoms. The molecule has 1 aromatic heterocycles. The molecule has 88 valence electrons. The topological polar surface area (TPSA) is 65.1 Å². The lowest BCUT2D eigenvalue weighted by Crippen LogP contribution is -2.17. The molecule has 1 fully saturated rings. The van der Waals surface area contributed by atoms with Gasteiger partial charge in [0.25, 0.3) is 0 Å². The molecular formula is C13H14N2O2. The number of hydrogen-bond acceptors (Lipinski definition) is 2. The Kier molecular flexibility index (Phi) is 2.37. The van der Waals surface area contributed by atoms with E-state index in [0.29, 0.717) is 13.0 Å². The monoisotopic (exact) mass is 230 g/mol. The van der Waals surface area contributed by atoms with Gasteiger partial charge in [-0.25, -0.2) is 0 Å². The van der Waals surface area contributed by atoms with Crippen molar-refractivity contribution < 1.29 is 9.90 Å². The van der Waals surface area contributed by atoms with E-state index in [-0.39, 0.29) is 12.0 Å². The van der Waals surface area contributed by atoms with E-state index in [9.17, 15) is 4.79 Å². The fourth-order valence-corrected chi connectivity index (χ4v) is 2.46. The van der Waals surface area contributed by atoms with E-state index in [4.69, 9.17) is 5.11 Å². The first kappa shape index (κ1) is 10.4. The van der Waals surface area contributed by atoms with Gasteiger partial charge in [-0.15, -0.1) is 0 Å². The lowest BCUT2D eigenvalue weighted by molar-refractivity contribution is -0.141. The van der Waals surface area contributed by atoms with Gasteiger partial charge in [0.2, 0.25) is 0 Å². The molecule has 4 heteroatoms. The van der Waals surface area contributed by atoms with Crippen LogP contribution in [0.25, 0.3) is 10.9 Å². The van der Waals surface area contributed by atoms with Crippen LogP contribution in [-0.4, -0.2) is 22.6 Å². The molecule has 0 aliphatic carbocycles. The zero-order valence-electron chi connectivity index (χ0n) is 9.31. The number of aromatic nitrogens is 1. The van der Waals surface area contributed by atoms with Crippen molar-refractivity contribution in [2.75, 3.05) is 6.54 Å². The van der Waals surface area contributed by atoms with E-state index in [0.717, 1.165) is 11.1 Å². The Morgan fingerprint density at radius 2 is 2.24 bits per heavy atom. The van der Waals surface area contributed by atoms with Crippen molar-refractivity contribution in [1.29, 1.82) is 0 Å². The number of rotatable bonds is 2. The SMILES string of the molecule is O=C(O)C1CNC(c2ccc3cc[nH]c3c2)C1.